The van der Waals surface area contributed by atoms with Crippen LogP contribution in [0.1, 0.15) is 75.3 Å². The predicted molar refractivity (Wildman–Crippen MR) is 131 cm³/mol. The molecule has 2 aliphatic rings. The van der Waals surface area contributed by atoms with Gasteiger partial charge in [0.2, 0.25) is 0 Å². The number of rotatable bonds is 4. The Kier molecular flexibility index (Phi) is 12.3. The molecule has 2 aliphatic carbocycles. The van der Waals surface area contributed by atoms with E-state index in [0.717, 1.165) is 25.7 Å². The molecule has 2 aromatic rings. The molecule has 33 heavy (non-hydrogen) atoms. The van der Waals surface area contributed by atoms with E-state index in [-0.39, 0.29) is 28.6 Å². The first-order chi connectivity index (χ1) is 15.5. The summed E-state index contributed by atoms with van der Waals surface area (Å²) in [7, 11) is 0. The summed E-state index contributed by atoms with van der Waals surface area (Å²) in [6, 6.07) is 10.4. The second-order valence-corrected chi connectivity index (χ2v) is 9.38. The van der Waals surface area contributed by atoms with Gasteiger partial charge in [0.1, 0.15) is 0 Å². The largest absolute Gasteiger partial charge is 2.00 e. The summed E-state index contributed by atoms with van der Waals surface area (Å²) in [5, 5.41) is 24.2. The van der Waals surface area contributed by atoms with Crippen molar-refractivity contribution in [3.8, 4) is 11.5 Å². The first-order valence-corrected chi connectivity index (χ1v) is 12.3. The molecule has 0 amide bonds. The first kappa shape index (κ1) is 27.7. The van der Waals surface area contributed by atoms with Gasteiger partial charge in [0, 0.05) is 34.6 Å². The van der Waals surface area contributed by atoms with E-state index in [2.05, 4.69) is 9.98 Å². The van der Waals surface area contributed by atoms with E-state index in [4.69, 9.17) is 23.2 Å². The monoisotopic (exact) mass is 535 g/mol. The van der Waals surface area contributed by atoms with Crippen molar-refractivity contribution >= 4 is 35.6 Å². The molecule has 0 spiro atoms. The molecule has 4 nitrogen and oxygen atoms in total. The Labute approximate surface area is 217 Å². The maximum Gasteiger partial charge on any atom is 2.00 e. The van der Waals surface area contributed by atoms with Gasteiger partial charge in [-0.3, -0.25) is 9.98 Å². The van der Waals surface area contributed by atoms with E-state index in [0.29, 0.717) is 33.3 Å². The van der Waals surface area contributed by atoms with Crippen molar-refractivity contribution in [1.29, 1.82) is 0 Å². The molecule has 4 rings (SSSR count). The quantitative estimate of drug-likeness (QED) is 0.338. The summed E-state index contributed by atoms with van der Waals surface area (Å²) in [6.07, 6.45) is 15.6. The van der Waals surface area contributed by atoms with Crippen LogP contribution in [0.15, 0.2) is 46.4 Å². The van der Waals surface area contributed by atoms with Crippen LogP contribution >= 0.6 is 23.2 Å². The Balaban J connectivity index is 0.000000227. The van der Waals surface area contributed by atoms with Gasteiger partial charge in [-0.15, -0.1) is 0 Å². The van der Waals surface area contributed by atoms with Crippen LogP contribution in [0.2, 0.25) is 10.0 Å². The molecular formula is C26H30Cl2CuN2O2. The molecule has 0 aliphatic heterocycles. The minimum atomic E-state index is -0.0102. The van der Waals surface area contributed by atoms with Crippen LogP contribution in [0.25, 0.3) is 0 Å². The van der Waals surface area contributed by atoms with Crippen molar-refractivity contribution in [1.82, 2.24) is 0 Å². The summed E-state index contributed by atoms with van der Waals surface area (Å²) < 4.78 is 0. The van der Waals surface area contributed by atoms with Crippen molar-refractivity contribution in [2.24, 2.45) is 9.98 Å². The van der Waals surface area contributed by atoms with Crippen LogP contribution in [0.4, 0.5) is 0 Å². The Morgan fingerprint density at radius 3 is 1.36 bits per heavy atom. The third kappa shape index (κ3) is 9.70. The average molecular weight is 537 g/mol. The van der Waals surface area contributed by atoms with E-state index in [9.17, 15) is 10.2 Å². The molecule has 0 bridgehead atoms. The molecule has 0 heterocycles. The zero-order valence-corrected chi connectivity index (χ0v) is 21.1. The molecule has 0 atom stereocenters. The topological polar surface area (TPSA) is 70.8 Å². The van der Waals surface area contributed by atoms with Crippen LogP contribution in [0.3, 0.4) is 0 Å². The summed E-state index contributed by atoms with van der Waals surface area (Å²) in [4.78, 5) is 8.94. The second kappa shape index (κ2) is 14.7. The number of hydrogen-bond acceptors (Lipinski definition) is 4. The number of aliphatic imine (C=N–C) groups is 2. The maximum atomic E-state index is 11.5. The molecule has 2 aromatic carbocycles. The van der Waals surface area contributed by atoms with Crippen LogP contribution in [-0.4, -0.2) is 24.5 Å². The summed E-state index contributed by atoms with van der Waals surface area (Å²) in [5.74, 6) is -0.0204. The summed E-state index contributed by atoms with van der Waals surface area (Å²) in [5.41, 5.74) is 1.19. The molecule has 0 saturated heterocycles. The Hall–Kier alpha value is -1.52. The van der Waals surface area contributed by atoms with E-state index in [1.54, 1.807) is 36.7 Å². The predicted octanol–water partition coefficient (Wildman–Crippen LogP) is 6.33. The molecule has 181 valence electrons. The van der Waals surface area contributed by atoms with E-state index < -0.39 is 0 Å². The van der Waals surface area contributed by atoms with Crippen LogP contribution < -0.4 is 10.2 Å². The van der Waals surface area contributed by atoms with Crippen LogP contribution in [-0.2, 0) is 17.1 Å². The number of nitrogens with zero attached hydrogens (tertiary/aromatic N) is 2. The van der Waals surface area contributed by atoms with Gasteiger partial charge < -0.3 is 10.2 Å². The number of halogens is 2. The van der Waals surface area contributed by atoms with Gasteiger partial charge in [0.05, 0.1) is 0 Å². The fourth-order valence-corrected chi connectivity index (χ4v) is 4.43. The van der Waals surface area contributed by atoms with E-state index >= 15 is 0 Å². The molecule has 0 unspecified atom stereocenters. The zero-order valence-electron chi connectivity index (χ0n) is 18.6. The molecule has 2 saturated carbocycles. The van der Waals surface area contributed by atoms with Gasteiger partial charge in [0.25, 0.3) is 0 Å². The van der Waals surface area contributed by atoms with E-state index in [1.807, 2.05) is 0 Å². The van der Waals surface area contributed by atoms with Crippen molar-refractivity contribution in [3.05, 3.63) is 57.6 Å². The van der Waals surface area contributed by atoms with Crippen molar-refractivity contribution in [2.75, 3.05) is 0 Å². The van der Waals surface area contributed by atoms with Crippen molar-refractivity contribution in [2.45, 2.75) is 76.3 Å². The average Bonchev–Trinajstić information content (AvgIpc) is 2.82. The van der Waals surface area contributed by atoms with E-state index in [1.165, 1.54) is 50.7 Å². The summed E-state index contributed by atoms with van der Waals surface area (Å²) >= 11 is 11.7. The molecule has 0 aromatic heterocycles. The fraction of sp³-hybridized carbons (Fsp3) is 0.462. The minimum Gasteiger partial charge on any atom is -0.872 e. The minimum absolute atomic E-state index is 0. The summed E-state index contributed by atoms with van der Waals surface area (Å²) in [6.45, 7) is 0. The first-order valence-electron chi connectivity index (χ1n) is 11.5. The molecule has 0 N–H and O–H groups in total. The smallest absolute Gasteiger partial charge is 0.872 e. The molecule has 1 radical (unpaired) electrons. The van der Waals surface area contributed by atoms with Crippen LogP contribution in [0, 0.1) is 0 Å². The number of benzene rings is 2. The zero-order chi connectivity index (χ0) is 22.8. The van der Waals surface area contributed by atoms with Crippen LogP contribution in [0.5, 0.6) is 11.5 Å². The van der Waals surface area contributed by atoms with Crippen molar-refractivity contribution in [3.63, 3.8) is 0 Å². The van der Waals surface area contributed by atoms with Gasteiger partial charge in [-0.1, -0.05) is 85.4 Å². The molecule has 2 fully saturated rings. The Morgan fingerprint density at radius 1 is 0.636 bits per heavy atom. The molecule has 7 heteroatoms. The van der Waals surface area contributed by atoms with Gasteiger partial charge in [-0.25, -0.2) is 0 Å². The third-order valence-electron chi connectivity index (χ3n) is 5.94. The Bertz CT molecular complexity index is 849. The molecular weight excluding hydrogens is 507 g/mol. The fourth-order valence-electron chi connectivity index (χ4n) is 4.07. The number of hydrogen-bond donors (Lipinski definition) is 0. The van der Waals surface area contributed by atoms with Gasteiger partial charge >= 0.3 is 17.1 Å². The standard InChI is InChI=1S/2C13H16ClNO.Cu/c2*14-11-6-7-13(16)10(8-11)9-15-12-4-2-1-3-5-12;/h2*6-9,12,16H,1-5H2;/q;;+2/p-2. The van der Waals surface area contributed by atoms with Gasteiger partial charge in [-0.2, -0.15) is 0 Å². The van der Waals surface area contributed by atoms with Gasteiger partial charge in [0.15, 0.2) is 0 Å². The maximum absolute atomic E-state index is 11.5. The third-order valence-corrected chi connectivity index (χ3v) is 6.41. The Morgan fingerprint density at radius 2 is 1.00 bits per heavy atom. The second-order valence-electron chi connectivity index (χ2n) is 8.50. The van der Waals surface area contributed by atoms with Crippen molar-refractivity contribution < 1.29 is 27.3 Å². The van der Waals surface area contributed by atoms with Gasteiger partial charge in [-0.05, 0) is 61.1 Å². The SMILES string of the molecule is [Cu+2].[O-]c1ccc(Cl)cc1C=NC1CCCCC1.[O-]c1ccc(Cl)cc1C=NC1CCCCC1. The normalized spacial score (nSPS) is 17.5.